The summed E-state index contributed by atoms with van der Waals surface area (Å²) >= 11 is 0. The van der Waals surface area contributed by atoms with E-state index in [9.17, 15) is 9.18 Å². The van der Waals surface area contributed by atoms with E-state index in [0.717, 1.165) is 37.2 Å². The van der Waals surface area contributed by atoms with Crippen molar-refractivity contribution in [3.05, 3.63) is 35.6 Å². The molecule has 0 radical (unpaired) electrons. The number of amides is 1. The molecule has 134 valence electrons. The summed E-state index contributed by atoms with van der Waals surface area (Å²) in [5, 5.41) is 9.37. The van der Waals surface area contributed by atoms with Crippen LogP contribution in [0.15, 0.2) is 29.3 Å². The lowest BCUT2D eigenvalue weighted by Gasteiger charge is -2.12. The van der Waals surface area contributed by atoms with Crippen molar-refractivity contribution in [1.29, 1.82) is 0 Å². The molecular weight excluding hydrogens is 422 g/mol. The lowest BCUT2D eigenvalue weighted by Crippen LogP contribution is -2.39. The zero-order valence-corrected chi connectivity index (χ0v) is 16.3. The Morgan fingerprint density at radius 2 is 1.88 bits per heavy atom. The zero-order valence-electron chi connectivity index (χ0n) is 14.0. The second kappa shape index (κ2) is 11.2. The Kier molecular flexibility index (Phi) is 9.66. The maximum absolute atomic E-state index is 12.8. The summed E-state index contributed by atoms with van der Waals surface area (Å²) in [6.07, 6.45) is 4.35. The van der Waals surface area contributed by atoms with E-state index in [0.29, 0.717) is 25.6 Å². The summed E-state index contributed by atoms with van der Waals surface area (Å²) in [6, 6.07) is 6.93. The third kappa shape index (κ3) is 8.47. The smallest absolute Gasteiger partial charge is 0.220 e. The molecule has 0 unspecified atom stereocenters. The molecule has 24 heavy (non-hydrogen) atoms. The number of hydrogen-bond acceptors (Lipinski definition) is 2. The molecule has 0 aromatic heterocycles. The molecule has 3 N–H and O–H groups in total. The van der Waals surface area contributed by atoms with Crippen LogP contribution in [0.4, 0.5) is 4.39 Å². The molecule has 5 nitrogen and oxygen atoms in total. The largest absolute Gasteiger partial charge is 0.356 e. The summed E-state index contributed by atoms with van der Waals surface area (Å²) in [7, 11) is 1.72. The fourth-order valence-electron chi connectivity index (χ4n) is 2.18. The number of nitrogens with one attached hydrogen (secondary N) is 3. The van der Waals surface area contributed by atoms with E-state index in [4.69, 9.17) is 0 Å². The Morgan fingerprint density at radius 1 is 1.21 bits per heavy atom. The second-order valence-electron chi connectivity index (χ2n) is 5.75. The van der Waals surface area contributed by atoms with Gasteiger partial charge in [0.05, 0.1) is 0 Å². The number of carbonyl (C=O) groups excluding carboxylic acids is 1. The summed E-state index contributed by atoms with van der Waals surface area (Å²) < 4.78 is 12.8. The average molecular weight is 448 g/mol. The van der Waals surface area contributed by atoms with Crippen LogP contribution in [0, 0.1) is 5.82 Å². The highest BCUT2D eigenvalue weighted by Crippen LogP contribution is 2.18. The van der Waals surface area contributed by atoms with Crippen LogP contribution in [0.3, 0.4) is 0 Å². The normalized spacial score (nSPS) is 13.8. The average Bonchev–Trinajstić information content (AvgIpc) is 3.35. The first-order chi connectivity index (χ1) is 11.2. The van der Waals surface area contributed by atoms with Crippen LogP contribution in [-0.2, 0) is 11.2 Å². The van der Waals surface area contributed by atoms with E-state index in [1.165, 1.54) is 12.1 Å². The van der Waals surface area contributed by atoms with Crippen LogP contribution in [-0.4, -0.2) is 38.0 Å². The van der Waals surface area contributed by atoms with Gasteiger partial charge in [-0.2, -0.15) is 0 Å². The molecule has 0 aliphatic heterocycles. The Hall–Kier alpha value is -1.38. The number of benzene rings is 1. The summed E-state index contributed by atoms with van der Waals surface area (Å²) in [6.45, 7) is 1.42. The van der Waals surface area contributed by atoms with Gasteiger partial charge >= 0.3 is 0 Å². The highest BCUT2D eigenvalue weighted by molar-refractivity contribution is 14.0. The number of rotatable bonds is 8. The molecule has 1 aliphatic rings. The van der Waals surface area contributed by atoms with Gasteiger partial charge in [0.2, 0.25) is 5.91 Å². The third-order valence-corrected chi connectivity index (χ3v) is 3.66. The van der Waals surface area contributed by atoms with Gasteiger partial charge in [-0.25, -0.2) is 4.39 Å². The molecule has 7 heteroatoms. The van der Waals surface area contributed by atoms with Gasteiger partial charge in [-0.05, 0) is 43.4 Å². The van der Waals surface area contributed by atoms with Gasteiger partial charge in [-0.15, -0.1) is 24.0 Å². The fourth-order valence-corrected chi connectivity index (χ4v) is 2.18. The lowest BCUT2D eigenvalue weighted by atomic mass is 10.1. The predicted molar refractivity (Wildman–Crippen MR) is 105 cm³/mol. The molecule has 0 saturated heterocycles. The molecule has 0 bridgehead atoms. The molecule has 1 aromatic carbocycles. The van der Waals surface area contributed by atoms with Crippen molar-refractivity contribution in [2.75, 3.05) is 20.1 Å². The van der Waals surface area contributed by atoms with Crippen LogP contribution in [0.25, 0.3) is 0 Å². The van der Waals surface area contributed by atoms with E-state index < -0.39 is 0 Å². The molecule has 1 aliphatic carbocycles. The number of nitrogens with zero attached hydrogens (tertiary/aromatic N) is 1. The minimum absolute atomic E-state index is 0. The van der Waals surface area contributed by atoms with E-state index in [1.54, 1.807) is 19.2 Å². The van der Waals surface area contributed by atoms with Crippen molar-refractivity contribution in [2.24, 2.45) is 4.99 Å². The highest BCUT2D eigenvalue weighted by Gasteiger charge is 2.22. The van der Waals surface area contributed by atoms with Gasteiger partial charge in [0, 0.05) is 32.6 Å². The van der Waals surface area contributed by atoms with Gasteiger partial charge in [0.1, 0.15) is 5.82 Å². The zero-order chi connectivity index (χ0) is 16.5. The van der Waals surface area contributed by atoms with Gasteiger partial charge < -0.3 is 16.0 Å². The second-order valence-corrected chi connectivity index (χ2v) is 5.75. The molecule has 1 aromatic rings. The van der Waals surface area contributed by atoms with Crippen LogP contribution < -0.4 is 16.0 Å². The van der Waals surface area contributed by atoms with Gasteiger partial charge in [0.15, 0.2) is 5.96 Å². The third-order valence-electron chi connectivity index (χ3n) is 3.66. The van der Waals surface area contributed by atoms with Crippen LogP contribution in [0.1, 0.15) is 31.2 Å². The molecule has 0 atom stereocenters. The van der Waals surface area contributed by atoms with Crippen molar-refractivity contribution in [2.45, 2.75) is 38.1 Å². The lowest BCUT2D eigenvalue weighted by molar-refractivity contribution is -0.121. The quantitative estimate of drug-likeness (QED) is 0.247. The Balaban J connectivity index is 0.00000288. The summed E-state index contributed by atoms with van der Waals surface area (Å²) in [4.78, 5) is 15.7. The highest BCUT2D eigenvalue weighted by atomic mass is 127. The van der Waals surface area contributed by atoms with Crippen molar-refractivity contribution in [3.8, 4) is 0 Å². The fraction of sp³-hybridized carbons (Fsp3) is 0.529. The molecule has 0 spiro atoms. The Labute approximate surface area is 159 Å². The van der Waals surface area contributed by atoms with E-state index in [-0.39, 0.29) is 35.7 Å². The Morgan fingerprint density at radius 3 is 2.50 bits per heavy atom. The summed E-state index contributed by atoms with van der Waals surface area (Å²) in [5.41, 5.74) is 1.08. The number of carbonyl (C=O) groups is 1. The van der Waals surface area contributed by atoms with Crippen LogP contribution in [0.2, 0.25) is 0 Å². The first-order valence-electron chi connectivity index (χ1n) is 8.15. The van der Waals surface area contributed by atoms with Gasteiger partial charge in [-0.3, -0.25) is 9.79 Å². The topological polar surface area (TPSA) is 65.5 Å². The standard InChI is InChI=1S/C17H25FN4O.HI/c1-19-17(20-11-2-3-16(23)22-15-8-9-15)21-12-10-13-4-6-14(18)7-5-13;/h4-7,15H,2-3,8-12H2,1H3,(H,22,23)(H2,19,20,21);1H. The Bertz CT molecular complexity index is 532. The van der Waals surface area contributed by atoms with Crippen molar-refractivity contribution >= 4 is 35.8 Å². The van der Waals surface area contributed by atoms with Crippen molar-refractivity contribution < 1.29 is 9.18 Å². The maximum atomic E-state index is 12.8. The SMILES string of the molecule is CN=C(NCCCC(=O)NC1CC1)NCCc1ccc(F)cc1.I. The monoisotopic (exact) mass is 448 g/mol. The van der Waals surface area contributed by atoms with E-state index in [2.05, 4.69) is 20.9 Å². The minimum atomic E-state index is -0.218. The minimum Gasteiger partial charge on any atom is -0.356 e. The molecule has 0 heterocycles. The first kappa shape index (κ1) is 20.7. The van der Waals surface area contributed by atoms with Crippen LogP contribution >= 0.6 is 24.0 Å². The molecule has 1 amide bonds. The van der Waals surface area contributed by atoms with Gasteiger partial charge in [0.25, 0.3) is 0 Å². The number of halogens is 2. The van der Waals surface area contributed by atoms with Crippen molar-refractivity contribution in [3.63, 3.8) is 0 Å². The number of hydrogen-bond donors (Lipinski definition) is 3. The van der Waals surface area contributed by atoms with E-state index in [1.807, 2.05) is 0 Å². The summed E-state index contributed by atoms with van der Waals surface area (Å²) in [5.74, 6) is 0.633. The maximum Gasteiger partial charge on any atom is 0.220 e. The predicted octanol–water partition coefficient (Wildman–Crippen LogP) is 2.21. The number of guanidine groups is 1. The first-order valence-corrected chi connectivity index (χ1v) is 8.15. The number of aliphatic imine (C=N–C) groups is 1. The van der Waals surface area contributed by atoms with Gasteiger partial charge in [-0.1, -0.05) is 12.1 Å². The molecular formula is C17H26FIN4O. The molecule has 2 rings (SSSR count). The molecule has 1 fully saturated rings. The molecule has 1 saturated carbocycles. The van der Waals surface area contributed by atoms with Crippen LogP contribution in [0.5, 0.6) is 0 Å². The van der Waals surface area contributed by atoms with E-state index >= 15 is 0 Å². The van der Waals surface area contributed by atoms with Crippen molar-refractivity contribution in [1.82, 2.24) is 16.0 Å².